The van der Waals surface area contributed by atoms with Crippen LogP contribution in [0.25, 0.3) is 0 Å². The molecule has 0 aliphatic carbocycles. The second-order valence-electron chi connectivity index (χ2n) is 4.13. The van der Waals surface area contributed by atoms with Gasteiger partial charge in [0.2, 0.25) is 5.91 Å². The van der Waals surface area contributed by atoms with Gasteiger partial charge in [0.15, 0.2) is 0 Å². The number of carbonyl (C=O) groups excluding carboxylic acids is 1. The molecule has 1 rings (SSSR count). The Labute approximate surface area is 108 Å². The number of rotatable bonds is 6. The lowest BCUT2D eigenvalue weighted by Crippen LogP contribution is -2.31. The summed E-state index contributed by atoms with van der Waals surface area (Å²) in [6.45, 7) is 7.95. The van der Waals surface area contributed by atoms with E-state index < -0.39 is 0 Å². The standard InChI is InChI=1S/C13H22N4O/c1-4-17(5-2)11(18)7-9-16-13-12(14)10(3)6-8-15-13/h6,8H,4-5,7,9,14H2,1-3H3,(H,15,16). The number of aryl methyl sites for hydroxylation is 1. The number of nitrogens with one attached hydrogen (secondary N) is 1. The van der Waals surface area contributed by atoms with Crippen LogP contribution in [0.2, 0.25) is 0 Å². The lowest BCUT2D eigenvalue weighted by atomic mass is 10.2. The molecule has 1 heterocycles. The van der Waals surface area contributed by atoms with E-state index in [1.54, 1.807) is 6.20 Å². The molecule has 0 atom stereocenters. The summed E-state index contributed by atoms with van der Waals surface area (Å²) in [4.78, 5) is 17.8. The predicted octanol–water partition coefficient (Wildman–Crippen LogP) is 1.64. The second kappa shape index (κ2) is 6.83. The zero-order valence-corrected chi connectivity index (χ0v) is 11.4. The Kier molecular flexibility index (Phi) is 5.42. The van der Waals surface area contributed by atoms with Crippen LogP contribution in [0.1, 0.15) is 25.8 Å². The Morgan fingerprint density at radius 1 is 1.44 bits per heavy atom. The first-order valence-electron chi connectivity index (χ1n) is 6.32. The Balaban J connectivity index is 2.47. The number of nitrogen functional groups attached to an aromatic ring is 1. The number of anilines is 2. The summed E-state index contributed by atoms with van der Waals surface area (Å²) in [6.07, 6.45) is 2.16. The van der Waals surface area contributed by atoms with Crippen molar-refractivity contribution in [3.05, 3.63) is 17.8 Å². The molecule has 0 aliphatic rings. The van der Waals surface area contributed by atoms with Gasteiger partial charge in [-0.15, -0.1) is 0 Å². The van der Waals surface area contributed by atoms with Crippen LogP contribution < -0.4 is 11.1 Å². The molecule has 0 saturated carbocycles. The molecule has 5 heteroatoms. The van der Waals surface area contributed by atoms with E-state index in [9.17, 15) is 4.79 Å². The van der Waals surface area contributed by atoms with E-state index in [0.29, 0.717) is 24.5 Å². The zero-order valence-electron chi connectivity index (χ0n) is 11.4. The first-order valence-corrected chi connectivity index (χ1v) is 6.32. The fraction of sp³-hybridized carbons (Fsp3) is 0.538. The minimum atomic E-state index is 0.152. The van der Waals surface area contributed by atoms with Crippen molar-refractivity contribution in [1.82, 2.24) is 9.88 Å². The van der Waals surface area contributed by atoms with Gasteiger partial charge < -0.3 is 16.0 Å². The normalized spacial score (nSPS) is 10.2. The summed E-state index contributed by atoms with van der Waals surface area (Å²) < 4.78 is 0. The third-order valence-electron chi connectivity index (χ3n) is 2.96. The molecule has 0 fully saturated rings. The number of aromatic nitrogens is 1. The highest BCUT2D eigenvalue weighted by Crippen LogP contribution is 2.18. The summed E-state index contributed by atoms with van der Waals surface area (Å²) in [5.41, 5.74) is 7.53. The highest BCUT2D eigenvalue weighted by Gasteiger charge is 2.09. The highest BCUT2D eigenvalue weighted by atomic mass is 16.2. The van der Waals surface area contributed by atoms with Crippen molar-refractivity contribution < 1.29 is 4.79 Å². The Morgan fingerprint density at radius 2 is 2.11 bits per heavy atom. The third kappa shape index (κ3) is 3.61. The number of nitrogens with zero attached hydrogens (tertiary/aromatic N) is 2. The molecule has 1 aromatic heterocycles. The van der Waals surface area contributed by atoms with Crippen LogP contribution in [-0.2, 0) is 4.79 Å². The summed E-state index contributed by atoms with van der Waals surface area (Å²) in [5.74, 6) is 0.807. The largest absolute Gasteiger partial charge is 0.396 e. The predicted molar refractivity (Wildman–Crippen MR) is 74.4 cm³/mol. The number of carbonyl (C=O) groups is 1. The van der Waals surface area contributed by atoms with Gasteiger partial charge in [-0.1, -0.05) is 0 Å². The Bertz CT molecular complexity index is 402. The fourth-order valence-electron chi connectivity index (χ4n) is 1.73. The summed E-state index contributed by atoms with van der Waals surface area (Å²) in [5, 5.41) is 3.10. The van der Waals surface area contributed by atoms with Crippen molar-refractivity contribution >= 4 is 17.4 Å². The topological polar surface area (TPSA) is 71.2 Å². The van der Waals surface area contributed by atoms with Crippen molar-refractivity contribution in [3.63, 3.8) is 0 Å². The van der Waals surface area contributed by atoms with Crippen LogP contribution in [0.5, 0.6) is 0 Å². The van der Waals surface area contributed by atoms with Crippen LogP contribution in [0.15, 0.2) is 12.3 Å². The quantitative estimate of drug-likeness (QED) is 0.805. The molecule has 0 bridgehead atoms. The van der Waals surface area contributed by atoms with Gasteiger partial charge in [-0.05, 0) is 32.4 Å². The molecule has 1 aromatic rings. The number of hydrogen-bond donors (Lipinski definition) is 2. The molecule has 0 aromatic carbocycles. The van der Waals surface area contributed by atoms with Gasteiger partial charge in [0.25, 0.3) is 0 Å². The van der Waals surface area contributed by atoms with Gasteiger partial charge in [-0.3, -0.25) is 4.79 Å². The molecule has 0 saturated heterocycles. The third-order valence-corrected chi connectivity index (χ3v) is 2.96. The second-order valence-corrected chi connectivity index (χ2v) is 4.13. The SMILES string of the molecule is CCN(CC)C(=O)CCNc1nccc(C)c1N. The van der Waals surface area contributed by atoms with E-state index in [0.717, 1.165) is 18.7 Å². The van der Waals surface area contributed by atoms with E-state index in [1.165, 1.54) is 0 Å². The lowest BCUT2D eigenvalue weighted by molar-refractivity contribution is -0.130. The smallest absolute Gasteiger partial charge is 0.224 e. The first kappa shape index (κ1) is 14.3. The number of hydrogen-bond acceptors (Lipinski definition) is 4. The van der Waals surface area contributed by atoms with Crippen molar-refractivity contribution in [2.24, 2.45) is 0 Å². The van der Waals surface area contributed by atoms with Crippen molar-refractivity contribution in [3.8, 4) is 0 Å². The minimum Gasteiger partial charge on any atom is -0.396 e. The lowest BCUT2D eigenvalue weighted by Gasteiger charge is -2.18. The van der Waals surface area contributed by atoms with E-state index in [1.807, 2.05) is 31.7 Å². The maximum atomic E-state index is 11.8. The monoisotopic (exact) mass is 250 g/mol. The van der Waals surface area contributed by atoms with E-state index in [2.05, 4.69) is 10.3 Å². The summed E-state index contributed by atoms with van der Waals surface area (Å²) in [6, 6.07) is 1.86. The molecule has 1 amide bonds. The Morgan fingerprint density at radius 3 is 2.72 bits per heavy atom. The summed E-state index contributed by atoms with van der Waals surface area (Å²) in [7, 11) is 0. The molecule has 0 radical (unpaired) electrons. The molecule has 0 unspecified atom stereocenters. The van der Waals surface area contributed by atoms with Crippen LogP contribution in [0, 0.1) is 6.92 Å². The molecular formula is C13H22N4O. The van der Waals surface area contributed by atoms with Gasteiger partial charge in [0.1, 0.15) is 5.82 Å². The van der Waals surface area contributed by atoms with Gasteiger partial charge in [-0.25, -0.2) is 4.98 Å². The highest BCUT2D eigenvalue weighted by molar-refractivity contribution is 5.77. The van der Waals surface area contributed by atoms with Gasteiger partial charge in [0, 0.05) is 32.3 Å². The van der Waals surface area contributed by atoms with Crippen LogP contribution in [0.3, 0.4) is 0 Å². The van der Waals surface area contributed by atoms with Crippen LogP contribution in [0.4, 0.5) is 11.5 Å². The van der Waals surface area contributed by atoms with Crippen LogP contribution >= 0.6 is 0 Å². The summed E-state index contributed by atoms with van der Waals surface area (Å²) >= 11 is 0. The maximum Gasteiger partial charge on any atom is 0.224 e. The molecule has 100 valence electrons. The Hall–Kier alpha value is -1.78. The number of nitrogens with two attached hydrogens (primary N) is 1. The maximum absolute atomic E-state index is 11.8. The molecule has 0 spiro atoms. The van der Waals surface area contributed by atoms with Gasteiger partial charge >= 0.3 is 0 Å². The van der Waals surface area contributed by atoms with Crippen molar-refractivity contribution in [2.75, 3.05) is 30.7 Å². The van der Waals surface area contributed by atoms with E-state index >= 15 is 0 Å². The van der Waals surface area contributed by atoms with Crippen LogP contribution in [-0.4, -0.2) is 35.4 Å². The molecule has 3 N–H and O–H groups in total. The van der Waals surface area contributed by atoms with Crippen molar-refractivity contribution in [2.45, 2.75) is 27.2 Å². The van der Waals surface area contributed by atoms with Crippen molar-refractivity contribution in [1.29, 1.82) is 0 Å². The van der Waals surface area contributed by atoms with E-state index in [4.69, 9.17) is 5.73 Å². The minimum absolute atomic E-state index is 0.152. The molecular weight excluding hydrogens is 228 g/mol. The molecule has 0 aliphatic heterocycles. The number of amides is 1. The molecule has 18 heavy (non-hydrogen) atoms. The molecule has 5 nitrogen and oxygen atoms in total. The van der Waals surface area contributed by atoms with Gasteiger partial charge in [-0.2, -0.15) is 0 Å². The van der Waals surface area contributed by atoms with Gasteiger partial charge in [0.05, 0.1) is 5.69 Å². The first-order chi connectivity index (χ1) is 8.60. The zero-order chi connectivity index (χ0) is 13.5. The average Bonchev–Trinajstić information content (AvgIpc) is 2.36. The fourth-order valence-corrected chi connectivity index (χ4v) is 1.73. The van der Waals surface area contributed by atoms with E-state index in [-0.39, 0.29) is 5.91 Å². The number of pyridine rings is 1. The average molecular weight is 250 g/mol.